The number of nitrogens with zero attached hydrogens (tertiary/aromatic N) is 2. The summed E-state index contributed by atoms with van der Waals surface area (Å²) in [5, 5.41) is 19.5. The molecule has 0 bridgehead atoms. The number of aromatic nitrogens is 3. The number of hydrogen-bond acceptors (Lipinski definition) is 5. The number of phenols is 1. The SMILES string of the molecule is COc1ccc(O)c(CNCCc2ncn[nH]2)c1. The summed E-state index contributed by atoms with van der Waals surface area (Å²) in [5.74, 6) is 1.85. The summed E-state index contributed by atoms with van der Waals surface area (Å²) in [7, 11) is 1.60. The van der Waals surface area contributed by atoms with Crippen LogP contribution in [0, 0.1) is 0 Å². The first kappa shape index (κ1) is 12.4. The monoisotopic (exact) mass is 248 g/mol. The molecule has 0 amide bonds. The van der Waals surface area contributed by atoms with Crippen LogP contribution < -0.4 is 10.1 Å². The Balaban J connectivity index is 1.82. The van der Waals surface area contributed by atoms with Crippen LogP contribution in [-0.4, -0.2) is 33.9 Å². The second kappa shape index (κ2) is 6.02. The number of aromatic hydroxyl groups is 1. The first-order valence-electron chi connectivity index (χ1n) is 5.70. The van der Waals surface area contributed by atoms with Crippen molar-refractivity contribution in [3.05, 3.63) is 35.9 Å². The quantitative estimate of drug-likeness (QED) is 0.660. The van der Waals surface area contributed by atoms with Crippen LogP contribution in [0.15, 0.2) is 24.5 Å². The minimum Gasteiger partial charge on any atom is -0.508 e. The molecule has 1 aromatic carbocycles. The topological polar surface area (TPSA) is 83.1 Å². The van der Waals surface area contributed by atoms with Gasteiger partial charge in [0.15, 0.2) is 0 Å². The number of nitrogens with one attached hydrogen (secondary N) is 2. The number of aromatic amines is 1. The van der Waals surface area contributed by atoms with E-state index < -0.39 is 0 Å². The van der Waals surface area contributed by atoms with Gasteiger partial charge in [-0.25, -0.2) is 4.98 Å². The minimum atomic E-state index is 0.267. The highest BCUT2D eigenvalue weighted by Gasteiger charge is 2.03. The lowest BCUT2D eigenvalue weighted by Gasteiger charge is -2.08. The summed E-state index contributed by atoms with van der Waals surface area (Å²) in [6.45, 7) is 1.34. The first-order valence-corrected chi connectivity index (χ1v) is 5.70. The third kappa shape index (κ3) is 3.21. The molecule has 0 spiro atoms. The van der Waals surface area contributed by atoms with E-state index in [0.717, 1.165) is 30.1 Å². The van der Waals surface area contributed by atoms with Crippen molar-refractivity contribution in [3.8, 4) is 11.5 Å². The molecule has 0 aliphatic heterocycles. The average Bonchev–Trinajstić information content (AvgIpc) is 2.89. The van der Waals surface area contributed by atoms with Gasteiger partial charge in [0.2, 0.25) is 0 Å². The zero-order valence-corrected chi connectivity index (χ0v) is 10.2. The highest BCUT2D eigenvalue weighted by molar-refractivity contribution is 5.39. The van der Waals surface area contributed by atoms with Crippen LogP contribution in [0.4, 0.5) is 0 Å². The van der Waals surface area contributed by atoms with E-state index >= 15 is 0 Å². The maximum Gasteiger partial charge on any atom is 0.137 e. The largest absolute Gasteiger partial charge is 0.508 e. The Morgan fingerprint density at radius 3 is 3.06 bits per heavy atom. The summed E-state index contributed by atoms with van der Waals surface area (Å²) >= 11 is 0. The van der Waals surface area contributed by atoms with Crippen molar-refractivity contribution in [3.63, 3.8) is 0 Å². The van der Waals surface area contributed by atoms with Gasteiger partial charge in [0.1, 0.15) is 23.7 Å². The van der Waals surface area contributed by atoms with Crippen molar-refractivity contribution in [1.82, 2.24) is 20.5 Å². The van der Waals surface area contributed by atoms with Crippen LogP contribution in [0.25, 0.3) is 0 Å². The van der Waals surface area contributed by atoms with E-state index in [1.165, 1.54) is 6.33 Å². The number of ether oxygens (including phenoxy) is 1. The number of methoxy groups -OCH3 is 1. The molecule has 0 aliphatic rings. The van der Waals surface area contributed by atoms with Gasteiger partial charge < -0.3 is 15.2 Å². The summed E-state index contributed by atoms with van der Waals surface area (Å²) in [6, 6.07) is 5.18. The van der Waals surface area contributed by atoms with E-state index in [0.29, 0.717) is 6.54 Å². The lowest BCUT2D eigenvalue weighted by atomic mass is 10.2. The van der Waals surface area contributed by atoms with E-state index in [1.807, 2.05) is 6.07 Å². The number of H-pyrrole nitrogens is 1. The minimum absolute atomic E-state index is 0.267. The lowest BCUT2D eigenvalue weighted by Crippen LogP contribution is -2.17. The fourth-order valence-electron chi connectivity index (χ4n) is 1.61. The number of hydrogen-bond donors (Lipinski definition) is 3. The van der Waals surface area contributed by atoms with Crippen molar-refractivity contribution >= 4 is 0 Å². The van der Waals surface area contributed by atoms with Gasteiger partial charge >= 0.3 is 0 Å². The predicted octanol–water partition coefficient (Wildman–Crippen LogP) is 0.851. The molecule has 96 valence electrons. The molecule has 0 radical (unpaired) electrons. The summed E-state index contributed by atoms with van der Waals surface area (Å²) < 4.78 is 5.11. The van der Waals surface area contributed by atoms with Crippen molar-refractivity contribution in [1.29, 1.82) is 0 Å². The van der Waals surface area contributed by atoms with Gasteiger partial charge in [-0.15, -0.1) is 0 Å². The predicted molar refractivity (Wildman–Crippen MR) is 66.5 cm³/mol. The van der Waals surface area contributed by atoms with Crippen molar-refractivity contribution < 1.29 is 9.84 Å². The molecule has 18 heavy (non-hydrogen) atoms. The van der Waals surface area contributed by atoms with Crippen LogP contribution in [0.2, 0.25) is 0 Å². The molecule has 3 N–H and O–H groups in total. The van der Waals surface area contributed by atoms with Crippen molar-refractivity contribution in [2.24, 2.45) is 0 Å². The van der Waals surface area contributed by atoms with Crippen LogP contribution in [0.5, 0.6) is 11.5 Å². The molecule has 0 atom stereocenters. The summed E-state index contributed by atoms with van der Waals surface area (Å²) in [6.07, 6.45) is 2.26. The Hall–Kier alpha value is -2.08. The van der Waals surface area contributed by atoms with Gasteiger partial charge in [-0.1, -0.05) is 0 Å². The Bertz CT molecular complexity index is 485. The summed E-state index contributed by atoms with van der Waals surface area (Å²) in [5.41, 5.74) is 0.812. The molecule has 1 heterocycles. The van der Waals surface area contributed by atoms with E-state index in [-0.39, 0.29) is 5.75 Å². The number of benzene rings is 1. The molecule has 0 saturated heterocycles. The van der Waals surface area contributed by atoms with E-state index in [9.17, 15) is 5.11 Å². The van der Waals surface area contributed by atoms with Crippen LogP contribution in [-0.2, 0) is 13.0 Å². The van der Waals surface area contributed by atoms with Crippen LogP contribution >= 0.6 is 0 Å². The maximum atomic E-state index is 9.69. The second-order valence-electron chi connectivity index (χ2n) is 3.85. The van der Waals surface area contributed by atoms with Gasteiger partial charge in [-0.3, -0.25) is 5.10 Å². The third-order valence-electron chi connectivity index (χ3n) is 2.61. The summed E-state index contributed by atoms with van der Waals surface area (Å²) in [4.78, 5) is 4.03. The van der Waals surface area contributed by atoms with Crippen LogP contribution in [0.3, 0.4) is 0 Å². The molecule has 6 heteroatoms. The fourth-order valence-corrected chi connectivity index (χ4v) is 1.61. The molecule has 6 nitrogen and oxygen atoms in total. The molecule has 0 fully saturated rings. The Morgan fingerprint density at radius 1 is 1.44 bits per heavy atom. The molecule has 2 aromatic rings. The molecule has 2 rings (SSSR count). The number of phenolic OH excluding ortho intramolecular Hbond substituents is 1. The fraction of sp³-hybridized carbons (Fsp3) is 0.333. The second-order valence-corrected chi connectivity index (χ2v) is 3.85. The highest BCUT2D eigenvalue weighted by atomic mass is 16.5. The molecule has 0 unspecified atom stereocenters. The van der Waals surface area contributed by atoms with Gasteiger partial charge in [0.25, 0.3) is 0 Å². The molecular weight excluding hydrogens is 232 g/mol. The smallest absolute Gasteiger partial charge is 0.137 e. The molecule has 0 saturated carbocycles. The number of rotatable bonds is 6. The van der Waals surface area contributed by atoms with E-state index in [2.05, 4.69) is 20.5 Å². The van der Waals surface area contributed by atoms with Crippen molar-refractivity contribution in [2.45, 2.75) is 13.0 Å². The first-order chi connectivity index (χ1) is 8.79. The average molecular weight is 248 g/mol. The van der Waals surface area contributed by atoms with Crippen LogP contribution in [0.1, 0.15) is 11.4 Å². The van der Waals surface area contributed by atoms with Crippen molar-refractivity contribution in [2.75, 3.05) is 13.7 Å². The molecule has 1 aromatic heterocycles. The zero-order chi connectivity index (χ0) is 12.8. The third-order valence-corrected chi connectivity index (χ3v) is 2.61. The van der Waals surface area contributed by atoms with Gasteiger partial charge in [-0.05, 0) is 18.2 Å². The van der Waals surface area contributed by atoms with Gasteiger partial charge in [-0.2, -0.15) is 5.10 Å². The normalized spacial score (nSPS) is 10.5. The molecule has 0 aliphatic carbocycles. The zero-order valence-electron chi connectivity index (χ0n) is 10.2. The van der Waals surface area contributed by atoms with E-state index in [4.69, 9.17) is 4.74 Å². The Labute approximate surface area is 105 Å². The van der Waals surface area contributed by atoms with Gasteiger partial charge in [0.05, 0.1) is 7.11 Å². The lowest BCUT2D eigenvalue weighted by molar-refractivity contribution is 0.410. The standard InChI is InChI=1S/C12H16N4O2/c1-18-10-2-3-11(17)9(6-10)7-13-5-4-12-14-8-15-16-12/h2-3,6,8,13,17H,4-5,7H2,1H3,(H,14,15,16). The van der Waals surface area contributed by atoms with Gasteiger partial charge in [0, 0.05) is 25.1 Å². The Morgan fingerprint density at radius 2 is 2.33 bits per heavy atom. The maximum absolute atomic E-state index is 9.69. The molecular formula is C12H16N4O2. The Kier molecular flexibility index (Phi) is 4.14. The van der Waals surface area contributed by atoms with E-state index in [1.54, 1.807) is 19.2 Å². The highest BCUT2D eigenvalue weighted by Crippen LogP contribution is 2.22.